The Hall–Kier alpha value is -3.41. The van der Waals surface area contributed by atoms with E-state index in [1.807, 2.05) is 53.6 Å². The number of H-pyrrole nitrogens is 1. The van der Waals surface area contributed by atoms with E-state index in [-0.39, 0.29) is 5.56 Å². The quantitative estimate of drug-likeness (QED) is 0.511. The molecule has 3 aromatic heterocycles. The monoisotopic (exact) mass is 329 g/mol. The van der Waals surface area contributed by atoms with Crippen LogP contribution in [0, 0.1) is 6.92 Å². The number of aromatic nitrogens is 5. The molecule has 0 amide bonds. The normalized spacial score (nSPS) is 12.8. The minimum Gasteiger partial charge on any atom is -0.317 e. The van der Waals surface area contributed by atoms with Crippen LogP contribution in [0.4, 0.5) is 0 Å². The molecule has 0 fully saturated rings. The van der Waals surface area contributed by atoms with Gasteiger partial charge >= 0.3 is 0 Å². The number of imidazole rings is 1. The summed E-state index contributed by atoms with van der Waals surface area (Å²) in [6.45, 7) is 2.04. The van der Waals surface area contributed by atoms with Crippen LogP contribution in [0.5, 0.6) is 0 Å². The summed E-state index contributed by atoms with van der Waals surface area (Å²) in [5.74, 6) is 0. The molecular weight excluding hydrogens is 314 g/mol. The summed E-state index contributed by atoms with van der Waals surface area (Å²) in [6, 6.07) is 8.10. The van der Waals surface area contributed by atoms with Crippen molar-refractivity contribution in [2.24, 2.45) is 7.05 Å². The van der Waals surface area contributed by atoms with Crippen molar-refractivity contribution >= 4 is 33.5 Å². The Kier molecular flexibility index (Phi) is 2.68. The Bertz CT molecular complexity index is 1390. The van der Waals surface area contributed by atoms with Gasteiger partial charge in [-0.1, -0.05) is 24.3 Å². The van der Waals surface area contributed by atoms with Gasteiger partial charge in [-0.3, -0.25) is 13.9 Å². The van der Waals surface area contributed by atoms with Gasteiger partial charge in [-0.2, -0.15) is 5.10 Å². The van der Waals surface area contributed by atoms with Crippen LogP contribution in [0.3, 0.4) is 0 Å². The molecule has 0 aliphatic heterocycles. The van der Waals surface area contributed by atoms with E-state index in [0.717, 1.165) is 38.3 Å². The van der Waals surface area contributed by atoms with Crippen LogP contribution < -0.4 is 10.8 Å². The van der Waals surface area contributed by atoms with Gasteiger partial charge in [0.05, 0.1) is 17.2 Å². The highest BCUT2D eigenvalue weighted by Gasteiger charge is 2.14. The van der Waals surface area contributed by atoms with Crippen molar-refractivity contribution in [2.45, 2.75) is 6.92 Å². The first kappa shape index (κ1) is 14.0. The van der Waals surface area contributed by atoms with Crippen molar-refractivity contribution in [3.63, 3.8) is 0 Å². The average molecular weight is 329 g/mol. The lowest BCUT2D eigenvalue weighted by Crippen LogP contribution is -2.13. The highest BCUT2D eigenvalue weighted by molar-refractivity contribution is 6.10. The third-order valence-corrected chi connectivity index (χ3v) is 4.87. The number of aromatic amines is 1. The molecule has 6 heteroatoms. The second-order valence-electron chi connectivity index (χ2n) is 6.21. The van der Waals surface area contributed by atoms with Gasteiger partial charge in [-0.25, -0.2) is 4.98 Å². The zero-order valence-electron chi connectivity index (χ0n) is 13.8. The number of hydrogen-bond acceptors (Lipinski definition) is 3. The minimum atomic E-state index is -0.183. The van der Waals surface area contributed by atoms with Gasteiger partial charge in [0.25, 0.3) is 5.56 Å². The first-order valence-corrected chi connectivity index (χ1v) is 8.05. The molecule has 0 unspecified atom stereocenters. The predicted octanol–water partition coefficient (Wildman–Crippen LogP) is 1.92. The summed E-state index contributed by atoms with van der Waals surface area (Å²) in [4.78, 5) is 19.6. The molecule has 2 aromatic carbocycles. The lowest BCUT2D eigenvalue weighted by molar-refractivity contribution is 0.740. The van der Waals surface area contributed by atoms with Crippen LogP contribution in [0.1, 0.15) is 11.3 Å². The van der Waals surface area contributed by atoms with Crippen LogP contribution in [0.15, 0.2) is 47.7 Å². The summed E-state index contributed by atoms with van der Waals surface area (Å²) < 4.78 is 3.72. The highest BCUT2D eigenvalue weighted by atomic mass is 16.1. The lowest BCUT2D eigenvalue weighted by Gasteiger charge is -1.98. The van der Waals surface area contributed by atoms with Gasteiger partial charge in [0.1, 0.15) is 0 Å². The van der Waals surface area contributed by atoms with Gasteiger partial charge in [0.2, 0.25) is 5.65 Å². The number of nitrogens with zero attached hydrogens (tertiary/aromatic N) is 4. The molecule has 6 nitrogen and oxygen atoms in total. The number of nitrogens with one attached hydrogen (secondary N) is 1. The predicted molar refractivity (Wildman–Crippen MR) is 97.6 cm³/mol. The molecule has 5 aromatic rings. The lowest BCUT2D eigenvalue weighted by atomic mass is 10.1. The molecule has 0 bridgehead atoms. The van der Waals surface area contributed by atoms with E-state index in [2.05, 4.69) is 27.2 Å². The number of benzene rings is 1. The van der Waals surface area contributed by atoms with Gasteiger partial charge in [0.15, 0.2) is 0 Å². The van der Waals surface area contributed by atoms with Crippen molar-refractivity contribution < 1.29 is 0 Å². The van der Waals surface area contributed by atoms with Gasteiger partial charge in [0, 0.05) is 41.3 Å². The maximum atomic E-state index is 12.4. The van der Waals surface area contributed by atoms with Crippen LogP contribution in [-0.4, -0.2) is 24.1 Å². The standard InChI is InChI=1S/C19H15N5O/c1-11-12(10-21-23(11)2)9-15-13-5-3-4-6-14(13)16-17(15)24-8-7-20-18(24)19(25)22-16/h3-10H,1-2H3,(H,22,25). The Morgan fingerprint density at radius 1 is 1.20 bits per heavy atom. The molecule has 3 heterocycles. The fraction of sp³-hybridized carbons (Fsp3) is 0.105. The molecule has 0 aliphatic rings. The third kappa shape index (κ3) is 1.82. The van der Waals surface area contributed by atoms with E-state index in [0.29, 0.717) is 5.65 Å². The van der Waals surface area contributed by atoms with Crippen LogP contribution in [0.25, 0.3) is 33.5 Å². The molecule has 1 N–H and O–H groups in total. The summed E-state index contributed by atoms with van der Waals surface area (Å²) in [6.07, 6.45) is 7.48. The molecule has 0 spiro atoms. The largest absolute Gasteiger partial charge is 0.317 e. The fourth-order valence-electron chi connectivity index (χ4n) is 3.48. The van der Waals surface area contributed by atoms with Crippen molar-refractivity contribution in [1.29, 1.82) is 0 Å². The Labute approximate surface area is 142 Å². The zero-order valence-corrected chi connectivity index (χ0v) is 13.8. The Morgan fingerprint density at radius 2 is 2.00 bits per heavy atom. The number of hydrogen-bond donors (Lipinski definition) is 1. The molecule has 122 valence electrons. The third-order valence-electron chi connectivity index (χ3n) is 4.87. The molecule has 25 heavy (non-hydrogen) atoms. The van der Waals surface area contributed by atoms with E-state index in [1.54, 1.807) is 6.20 Å². The maximum Gasteiger partial charge on any atom is 0.292 e. The van der Waals surface area contributed by atoms with Gasteiger partial charge < -0.3 is 4.98 Å². The molecule has 0 saturated heterocycles. The molecule has 0 atom stereocenters. The van der Waals surface area contributed by atoms with E-state index in [1.165, 1.54) is 0 Å². The second kappa shape index (κ2) is 4.80. The number of rotatable bonds is 1. The highest BCUT2D eigenvalue weighted by Crippen LogP contribution is 2.22. The van der Waals surface area contributed by atoms with Crippen molar-refractivity contribution in [1.82, 2.24) is 24.1 Å². The topological polar surface area (TPSA) is 68.0 Å². The Balaban J connectivity index is 2.08. The molecular formula is C19H15N5O. The van der Waals surface area contributed by atoms with Crippen molar-refractivity contribution in [2.75, 3.05) is 0 Å². The number of aryl methyl sites for hydroxylation is 1. The SMILES string of the molecule is Cc1c(C=c2c3ccccc3c3[nH]c(=O)c4nccn4c23)cnn1C. The summed E-state index contributed by atoms with van der Waals surface area (Å²) in [5, 5.41) is 7.51. The summed E-state index contributed by atoms with van der Waals surface area (Å²) in [5.41, 5.74) is 4.15. The second-order valence-corrected chi connectivity index (χ2v) is 6.21. The van der Waals surface area contributed by atoms with Crippen LogP contribution in [-0.2, 0) is 7.05 Å². The first-order chi connectivity index (χ1) is 12.1. The smallest absolute Gasteiger partial charge is 0.292 e. The van der Waals surface area contributed by atoms with Gasteiger partial charge in [-0.15, -0.1) is 0 Å². The van der Waals surface area contributed by atoms with E-state index in [9.17, 15) is 4.79 Å². The maximum absolute atomic E-state index is 12.4. The minimum absolute atomic E-state index is 0.183. The van der Waals surface area contributed by atoms with Crippen LogP contribution in [0.2, 0.25) is 0 Å². The van der Waals surface area contributed by atoms with E-state index in [4.69, 9.17) is 0 Å². The Morgan fingerprint density at radius 3 is 2.76 bits per heavy atom. The first-order valence-electron chi connectivity index (χ1n) is 8.05. The zero-order chi connectivity index (χ0) is 17.1. The van der Waals surface area contributed by atoms with Crippen molar-refractivity contribution in [3.8, 4) is 0 Å². The molecule has 0 saturated carbocycles. The van der Waals surface area contributed by atoms with E-state index >= 15 is 0 Å². The molecule has 5 rings (SSSR count). The summed E-state index contributed by atoms with van der Waals surface area (Å²) in [7, 11) is 1.93. The average Bonchev–Trinajstić information content (AvgIpc) is 3.29. The van der Waals surface area contributed by atoms with Crippen LogP contribution >= 0.6 is 0 Å². The van der Waals surface area contributed by atoms with Crippen molar-refractivity contribution in [3.05, 3.63) is 69.7 Å². The molecule has 0 aliphatic carbocycles. The fourth-order valence-corrected chi connectivity index (χ4v) is 3.48. The molecule has 0 radical (unpaired) electrons. The van der Waals surface area contributed by atoms with Gasteiger partial charge in [-0.05, 0) is 18.4 Å². The van der Waals surface area contributed by atoms with E-state index < -0.39 is 0 Å². The number of fused-ring (bicyclic) bond motifs is 5. The summed E-state index contributed by atoms with van der Waals surface area (Å²) >= 11 is 0.